The number of anilines is 2. The van der Waals surface area contributed by atoms with Crippen LogP contribution in [0.25, 0.3) is 0 Å². The van der Waals surface area contributed by atoms with Crippen molar-refractivity contribution in [3.05, 3.63) is 94.3 Å². The average molecular weight is 496 g/mol. The molecule has 5 nitrogen and oxygen atoms in total. The lowest BCUT2D eigenvalue weighted by atomic mass is 10.1. The molecular formula is C26H23ClFN3O2S. The Labute approximate surface area is 208 Å². The summed E-state index contributed by atoms with van der Waals surface area (Å²) in [6, 6.07) is 17.7. The van der Waals surface area contributed by atoms with Gasteiger partial charge in [-0.05, 0) is 73.6 Å². The van der Waals surface area contributed by atoms with Crippen LogP contribution in [0.5, 0.6) is 0 Å². The molecule has 1 heterocycles. The Kier molecular flexibility index (Phi) is 6.95. The van der Waals surface area contributed by atoms with Crippen molar-refractivity contribution in [2.75, 3.05) is 10.2 Å². The van der Waals surface area contributed by atoms with Gasteiger partial charge < -0.3 is 10.2 Å². The fourth-order valence-electron chi connectivity index (χ4n) is 3.98. The zero-order chi connectivity index (χ0) is 24.4. The van der Waals surface area contributed by atoms with Crippen molar-refractivity contribution in [1.29, 1.82) is 0 Å². The SMILES string of the molecule is Cc1ccc(NC(=O)C[C@@H]2C(=O)N(c3ccc(F)cc3)C(=S)N2Cc2ccccc2Cl)c(C)c1. The number of hydrogen-bond acceptors (Lipinski definition) is 3. The highest BCUT2D eigenvalue weighted by molar-refractivity contribution is 7.80. The third-order valence-corrected chi connectivity index (χ3v) is 6.52. The maximum Gasteiger partial charge on any atom is 0.256 e. The number of carbonyl (C=O) groups is 2. The van der Waals surface area contributed by atoms with Gasteiger partial charge in [-0.2, -0.15) is 0 Å². The molecule has 0 spiro atoms. The van der Waals surface area contributed by atoms with Gasteiger partial charge in [0.25, 0.3) is 5.91 Å². The second-order valence-electron chi connectivity index (χ2n) is 8.24. The molecule has 0 radical (unpaired) electrons. The number of carbonyl (C=O) groups excluding carboxylic acids is 2. The fraction of sp³-hybridized carbons (Fsp3) is 0.192. The van der Waals surface area contributed by atoms with Gasteiger partial charge >= 0.3 is 0 Å². The van der Waals surface area contributed by atoms with Crippen molar-refractivity contribution in [2.45, 2.75) is 32.9 Å². The Morgan fingerprint density at radius 3 is 2.47 bits per heavy atom. The molecular weight excluding hydrogens is 473 g/mol. The molecule has 3 aromatic carbocycles. The minimum absolute atomic E-state index is 0.103. The Bertz CT molecular complexity index is 1270. The van der Waals surface area contributed by atoms with Crippen LogP contribution in [0.15, 0.2) is 66.7 Å². The molecule has 0 aliphatic carbocycles. The topological polar surface area (TPSA) is 52.7 Å². The number of aryl methyl sites for hydroxylation is 2. The Morgan fingerprint density at radius 1 is 1.09 bits per heavy atom. The van der Waals surface area contributed by atoms with Gasteiger partial charge in [-0.15, -0.1) is 0 Å². The summed E-state index contributed by atoms with van der Waals surface area (Å²) in [6.07, 6.45) is -0.103. The number of rotatable bonds is 6. The summed E-state index contributed by atoms with van der Waals surface area (Å²) in [5.74, 6) is -1.07. The molecule has 34 heavy (non-hydrogen) atoms. The Hall–Kier alpha value is -3.29. The van der Waals surface area contributed by atoms with Gasteiger partial charge in [-0.3, -0.25) is 14.5 Å². The van der Waals surface area contributed by atoms with Crippen molar-refractivity contribution < 1.29 is 14.0 Å². The highest BCUT2D eigenvalue weighted by Gasteiger charge is 2.44. The summed E-state index contributed by atoms with van der Waals surface area (Å²) in [4.78, 5) is 29.5. The monoisotopic (exact) mass is 495 g/mol. The lowest BCUT2D eigenvalue weighted by Crippen LogP contribution is -2.37. The third kappa shape index (κ3) is 4.95. The number of hydrogen-bond donors (Lipinski definition) is 1. The van der Waals surface area contributed by atoms with Crippen LogP contribution < -0.4 is 10.2 Å². The van der Waals surface area contributed by atoms with Gasteiger partial charge in [0.2, 0.25) is 5.91 Å². The standard InChI is InChI=1S/C26H23ClFN3O2S/c1-16-7-12-22(17(2)13-16)29-24(32)14-23-25(33)31(20-10-8-19(28)9-11-20)26(34)30(23)15-18-5-3-4-6-21(18)27/h3-13,23H,14-15H2,1-2H3,(H,29,32)/t23-/m1/s1. The summed E-state index contributed by atoms with van der Waals surface area (Å²) in [5.41, 5.74) is 3.93. The van der Waals surface area contributed by atoms with E-state index in [9.17, 15) is 14.0 Å². The maximum absolute atomic E-state index is 13.5. The van der Waals surface area contributed by atoms with Crippen LogP contribution in [-0.4, -0.2) is 27.9 Å². The zero-order valence-corrected chi connectivity index (χ0v) is 20.3. The van der Waals surface area contributed by atoms with E-state index in [2.05, 4.69) is 5.32 Å². The molecule has 4 rings (SSSR count). The summed E-state index contributed by atoms with van der Waals surface area (Å²) >= 11 is 12.0. The first-order chi connectivity index (χ1) is 16.2. The second kappa shape index (κ2) is 9.91. The molecule has 174 valence electrons. The minimum atomic E-state index is -0.834. The third-order valence-electron chi connectivity index (χ3n) is 5.74. The van der Waals surface area contributed by atoms with Gasteiger partial charge in [0.1, 0.15) is 11.9 Å². The van der Waals surface area contributed by atoms with Crippen molar-refractivity contribution in [1.82, 2.24) is 4.90 Å². The number of thiocarbonyl (C=S) groups is 1. The number of nitrogens with one attached hydrogen (secondary N) is 1. The molecule has 1 aliphatic rings. The van der Waals surface area contributed by atoms with Crippen LogP contribution in [0, 0.1) is 19.7 Å². The smallest absolute Gasteiger partial charge is 0.256 e. The van der Waals surface area contributed by atoms with Gasteiger partial charge in [-0.25, -0.2) is 4.39 Å². The Morgan fingerprint density at radius 2 is 1.79 bits per heavy atom. The van der Waals surface area contributed by atoms with E-state index in [4.69, 9.17) is 23.8 Å². The highest BCUT2D eigenvalue weighted by atomic mass is 35.5. The van der Waals surface area contributed by atoms with Crippen molar-refractivity contribution >= 4 is 52.1 Å². The first kappa shape index (κ1) is 23.9. The summed E-state index contributed by atoms with van der Waals surface area (Å²) in [6.45, 7) is 4.15. The van der Waals surface area contributed by atoms with Crippen LogP contribution >= 0.6 is 23.8 Å². The van der Waals surface area contributed by atoms with E-state index in [1.165, 1.54) is 29.2 Å². The summed E-state index contributed by atoms with van der Waals surface area (Å²) in [7, 11) is 0. The summed E-state index contributed by atoms with van der Waals surface area (Å²) in [5, 5.41) is 3.68. The number of nitrogens with zero attached hydrogens (tertiary/aromatic N) is 2. The molecule has 3 aromatic rings. The number of amides is 2. The first-order valence-electron chi connectivity index (χ1n) is 10.7. The number of benzene rings is 3. The fourth-order valence-corrected chi connectivity index (χ4v) is 4.57. The van der Waals surface area contributed by atoms with Crippen LogP contribution in [0.1, 0.15) is 23.1 Å². The zero-order valence-electron chi connectivity index (χ0n) is 18.7. The first-order valence-corrected chi connectivity index (χ1v) is 11.5. The molecule has 0 aromatic heterocycles. The number of halogens is 2. The molecule has 8 heteroatoms. The predicted octanol–water partition coefficient (Wildman–Crippen LogP) is 5.63. The Balaban J connectivity index is 1.62. The van der Waals surface area contributed by atoms with E-state index in [1.807, 2.05) is 50.2 Å². The lowest BCUT2D eigenvalue weighted by molar-refractivity contribution is -0.124. The highest BCUT2D eigenvalue weighted by Crippen LogP contribution is 2.30. The van der Waals surface area contributed by atoms with Gasteiger partial charge in [0.15, 0.2) is 5.11 Å². The molecule has 0 saturated carbocycles. The molecule has 1 saturated heterocycles. The largest absolute Gasteiger partial charge is 0.332 e. The molecule has 1 atom stereocenters. The normalized spacial score (nSPS) is 15.7. The van der Waals surface area contributed by atoms with E-state index in [1.54, 1.807) is 11.0 Å². The molecule has 0 bridgehead atoms. The quantitative estimate of drug-likeness (QED) is 0.450. The molecule has 1 N–H and O–H groups in total. The van der Waals surface area contributed by atoms with E-state index in [-0.39, 0.29) is 29.9 Å². The summed E-state index contributed by atoms with van der Waals surface area (Å²) < 4.78 is 13.5. The van der Waals surface area contributed by atoms with Crippen molar-refractivity contribution in [3.8, 4) is 0 Å². The van der Waals surface area contributed by atoms with E-state index >= 15 is 0 Å². The lowest BCUT2D eigenvalue weighted by Gasteiger charge is -2.24. The van der Waals surface area contributed by atoms with Crippen LogP contribution in [0.4, 0.5) is 15.8 Å². The van der Waals surface area contributed by atoms with E-state index in [0.717, 1.165) is 16.7 Å². The van der Waals surface area contributed by atoms with E-state index < -0.39 is 11.9 Å². The predicted molar refractivity (Wildman–Crippen MR) is 136 cm³/mol. The second-order valence-corrected chi connectivity index (χ2v) is 9.01. The van der Waals surface area contributed by atoms with Gasteiger partial charge in [0.05, 0.1) is 12.1 Å². The van der Waals surface area contributed by atoms with Crippen LogP contribution in [0.3, 0.4) is 0 Å². The van der Waals surface area contributed by atoms with Crippen LogP contribution in [-0.2, 0) is 16.1 Å². The van der Waals surface area contributed by atoms with Crippen LogP contribution in [0.2, 0.25) is 5.02 Å². The average Bonchev–Trinajstić information content (AvgIpc) is 3.02. The van der Waals surface area contributed by atoms with Gasteiger partial charge in [-0.1, -0.05) is 47.5 Å². The van der Waals surface area contributed by atoms with Gasteiger partial charge in [0, 0.05) is 17.3 Å². The molecule has 1 fully saturated rings. The van der Waals surface area contributed by atoms with Crippen molar-refractivity contribution in [3.63, 3.8) is 0 Å². The molecule has 0 unspecified atom stereocenters. The van der Waals surface area contributed by atoms with Crippen molar-refractivity contribution in [2.24, 2.45) is 0 Å². The molecule has 2 amide bonds. The maximum atomic E-state index is 13.5. The van der Waals surface area contributed by atoms with E-state index in [0.29, 0.717) is 16.4 Å². The molecule has 1 aliphatic heterocycles. The minimum Gasteiger partial charge on any atom is -0.332 e.